The van der Waals surface area contributed by atoms with Crippen LogP contribution >= 0.6 is 15.9 Å². The van der Waals surface area contributed by atoms with Crippen LogP contribution < -0.4 is 0 Å². The molecule has 1 aromatic heterocycles. The Morgan fingerprint density at radius 2 is 2.33 bits per heavy atom. The fourth-order valence-electron chi connectivity index (χ4n) is 2.05. The van der Waals surface area contributed by atoms with Crippen LogP contribution in [0.2, 0.25) is 0 Å². The van der Waals surface area contributed by atoms with Gasteiger partial charge in [0.1, 0.15) is 11.8 Å². The molecule has 5 nitrogen and oxygen atoms in total. The summed E-state index contributed by atoms with van der Waals surface area (Å²) in [7, 11) is 2.00. The van der Waals surface area contributed by atoms with Crippen molar-refractivity contribution in [3.05, 3.63) is 16.4 Å². The molecule has 18 heavy (non-hydrogen) atoms. The molecule has 2 heterocycles. The number of rotatable bonds is 3. The van der Waals surface area contributed by atoms with Crippen LogP contribution in [0.4, 0.5) is 0 Å². The normalized spacial score (nSPS) is 21.5. The standard InChI is InChI=1S/C12H18BrN3O2/c1-8(2)16-11(9(13)6-14-16)12(17)10-7-15(3)4-5-18-10/h6,8,10H,4-5,7H2,1-3H3. The van der Waals surface area contributed by atoms with E-state index in [4.69, 9.17) is 4.74 Å². The molecule has 2 rings (SSSR count). The first-order chi connectivity index (χ1) is 8.50. The summed E-state index contributed by atoms with van der Waals surface area (Å²) in [5.74, 6) is -0.000347. The van der Waals surface area contributed by atoms with Crippen LogP contribution in [0.15, 0.2) is 10.7 Å². The zero-order valence-electron chi connectivity index (χ0n) is 10.9. The van der Waals surface area contributed by atoms with E-state index in [-0.39, 0.29) is 11.8 Å². The lowest BCUT2D eigenvalue weighted by Crippen LogP contribution is -2.44. The van der Waals surface area contributed by atoms with Crippen molar-refractivity contribution in [2.75, 3.05) is 26.7 Å². The molecule has 1 atom stereocenters. The number of Topliss-reactive ketones (excluding diaryl/α,β-unsaturated/α-hetero) is 1. The van der Waals surface area contributed by atoms with Crippen molar-refractivity contribution in [2.45, 2.75) is 26.0 Å². The maximum Gasteiger partial charge on any atom is 0.211 e. The van der Waals surface area contributed by atoms with E-state index in [1.807, 2.05) is 20.9 Å². The first kappa shape index (κ1) is 13.7. The van der Waals surface area contributed by atoms with E-state index >= 15 is 0 Å². The van der Waals surface area contributed by atoms with Gasteiger partial charge in [-0.25, -0.2) is 0 Å². The molecule has 0 spiro atoms. The van der Waals surface area contributed by atoms with Gasteiger partial charge in [-0.2, -0.15) is 5.10 Å². The van der Waals surface area contributed by atoms with Gasteiger partial charge >= 0.3 is 0 Å². The molecule has 1 aliphatic rings. The van der Waals surface area contributed by atoms with Crippen molar-refractivity contribution >= 4 is 21.7 Å². The zero-order chi connectivity index (χ0) is 13.3. The number of ether oxygens (including phenoxy) is 1. The van der Waals surface area contributed by atoms with Crippen LogP contribution in [0.5, 0.6) is 0 Å². The molecule has 0 aromatic carbocycles. The third-order valence-electron chi connectivity index (χ3n) is 3.04. The van der Waals surface area contributed by atoms with E-state index in [9.17, 15) is 4.79 Å². The van der Waals surface area contributed by atoms with Crippen LogP contribution in [0, 0.1) is 0 Å². The molecule has 1 aliphatic heterocycles. The first-order valence-electron chi connectivity index (χ1n) is 6.08. The Kier molecular flexibility index (Phi) is 4.19. The topological polar surface area (TPSA) is 47.4 Å². The molecule has 6 heteroatoms. The van der Waals surface area contributed by atoms with Gasteiger partial charge in [0, 0.05) is 19.1 Å². The van der Waals surface area contributed by atoms with Crippen LogP contribution in [-0.4, -0.2) is 53.3 Å². The number of hydrogen-bond donors (Lipinski definition) is 0. The Morgan fingerprint density at radius 3 is 2.94 bits per heavy atom. The molecule has 1 saturated heterocycles. The maximum absolute atomic E-state index is 12.5. The average Bonchev–Trinajstić information content (AvgIpc) is 2.70. The number of carbonyl (C=O) groups is 1. The minimum atomic E-state index is -0.394. The fourth-order valence-corrected chi connectivity index (χ4v) is 2.52. The smallest absolute Gasteiger partial charge is 0.211 e. The summed E-state index contributed by atoms with van der Waals surface area (Å²) in [6, 6.07) is 0.150. The number of likely N-dealkylation sites (N-methyl/N-ethyl adjacent to an activating group) is 1. The number of hydrogen-bond acceptors (Lipinski definition) is 4. The molecule has 0 N–H and O–H groups in total. The summed E-state index contributed by atoms with van der Waals surface area (Å²) < 4.78 is 8.05. The van der Waals surface area contributed by atoms with E-state index in [0.29, 0.717) is 18.8 Å². The largest absolute Gasteiger partial charge is 0.367 e. The van der Waals surface area contributed by atoms with E-state index in [1.165, 1.54) is 0 Å². The summed E-state index contributed by atoms with van der Waals surface area (Å²) in [6.45, 7) is 6.11. The molecule has 0 bridgehead atoms. The highest BCUT2D eigenvalue weighted by atomic mass is 79.9. The highest BCUT2D eigenvalue weighted by Gasteiger charge is 2.30. The summed E-state index contributed by atoms with van der Waals surface area (Å²) in [5, 5.41) is 4.23. The van der Waals surface area contributed by atoms with Gasteiger partial charge in [0.15, 0.2) is 0 Å². The molecule has 1 unspecified atom stereocenters. The second kappa shape index (κ2) is 5.50. The molecule has 0 saturated carbocycles. The zero-order valence-corrected chi connectivity index (χ0v) is 12.5. The molecule has 100 valence electrons. The van der Waals surface area contributed by atoms with Gasteiger partial charge in [-0.05, 0) is 36.8 Å². The van der Waals surface area contributed by atoms with Crippen molar-refractivity contribution < 1.29 is 9.53 Å². The van der Waals surface area contributed by atoms with Crippen LogP contribution in [0.3, 0.4) is 0 Å². The maximum atomic E-state index is 12.5. The summed E-state index contributed by atoms with van der Waals surface area (Å²) in [4.78, 5) is 14.6. The second-order valence-corrected chi connectivity index (χ2v) is 5.72. The second-order valence-electron chi connectivity index (χ2n) is 4.87. The quantitative estimate of drug-likeness (QED) is 0.797. The van der Waals surface area contributed by atoms with Crippen molar-refractivity contribution in [1.82, 2.24) is 14.7 Å². The molecular weight excluding hydrogens is 298 g/mol. The van der Waals surface area contributed by atoms with Crippen molar-refractivity contribution in [2.24, 2.45) is 0 Å². The highest BCUT2D eigenvalue weighted by molar-refractivity contribution is 9.10. The Bertz CT molecular complexity index is 445. The minimum Gasteiger partial charge on any atom is -0.367 e. The van der Waals surface area contributed by atoms with E-state index in [2.05, 4.69) is 25.9 Å². The third-order valence-corrected chi connectivity index (χ3v) is 3.62. The molecule has 1 aromatic rings. The summed E-state index contributed by atoms with van der Waals surface area (Å²) >= 11 is 3.39. The molecule has 1 fully saturated rings. The van der Waals surface area contributed by atoms with Crippen molar-refractivity contribution in [3.8, 4) is 0 Å². The number of carbonyl (C=O) groups excluding carboxylic acids is 1. The lowest BCUT2D eigenvalue weighted by atomic mass is 10.1. The minimum absolute atomic E-state index is 0.000347. The molecular formula is C12H18BrN3O2. The Labute approximate surface area is 115 Å². The van der Waals surface area contributed by atoms with Gasteiger partial charge in [-0.1, -0.05) is 0 Å². The third kappa shape index (κ3) is 2.65. The number of aromatic nitrogens is 2. The van der Waals surface area contributed by atoms with Gasteiger partial charge in [-0.15, -0.1) is 0 Å². The molecule has 0 amide bonds. The number of morpholine rings is 1. The van der Waals surface area contributed by atoms with Gasteiger partial charge in [0.25, 0.3) is 0 Å². The van der Waals surface area contributed by atoms with Crippen LogP contribution in [0.25, 0.3) is 0 Å². The molecule has 0 aliphatic carbocycles. The molecule has 0 radical (unpaired) electrons. The SMILES string of the molecule is CC(C)n1ncc(Br)c1C(=O)C1CN(C)CCO1. The van der Waals surface area contributed by atoms with Crippen LogP contribution in [0.1, 0.15) is 30.4 Å². The van der Waals surface area contributed by atoms with Crippen molar-refractivity contribution in [3.63, 3.8) is 0 Å². The van der Waals surface area contributed by atoms with E-state index in [1.54, 1.807) is 10.9 Å². The van der Waals surface area contributed by atoms with Gasteiger partial charge in [-0.3, -0.25) is 9.48 Å². The van der Waals surface area contributed by atoms with Gasteiger partial charge in [0.2, 0.25) is 5.78 Å². The van der Waals surface area contributed by atoms with Gasteiger partial charge < -0.3 is 9.64 Å². The highest BCUT2D eigenvalue weighted by Crippen LogP contribution is 2.22. The summed E-state index contributed by atoms with van der Waals surface area (Å²) in [6.07, 6.45) is 1.27. The number of ketones is 1. The van der Waals surface area contributed by atoms with Crippen LogP contribution in [-0.2, 0) is 4.74 Å². The average molecular weight is 316 g/mol. The van der Waals surface area contributed by atoms with Gasteiger partial charge in [0.05, 0.1) is 17.3 Å². The Balaban J connectivity index is 2.25. The Hall–Kier alpha value is -0.720. The monoisotopic (exact) mass is 315 g/mol. The summed E-state index contributed by atoms with van der Waals surface area (Å²) in [5.41, 5.74) is 0.602. The first-order valence-corrected chi connectivity index (χ1v) is 6.87. The van der Waals surface area contributed by atoms with E-state index < -0.39 is 6.10 Å². The van der Waals surface area contributed by atoms with E-state index in [0.717, 1.165) is 11.0 Å². The predicted octanol–water partition coefficient (Wildman–Crippen LogP) is 1.74. The lowest BCUT2D eigenvalue weighted by Gasteiger charge is -2.29. The lowest BCUT2D eigenvalue weighted by molar-refractivity contribution is -0.00928. The number of halogens is 1. The predicted molar refractivity (Wildman–Crippen MR) is 71.9 cm³/mol. The fraction of sp³-hybridized carbons (Fsp3) is 0.667. The van der Waals surface area contributed by atoms with Crippen molar-refractivity contribution in [1.29, 1.82) is 0 Å². The Morgan fingerprint density at radius 1 is 1.61 bits per heavy atom. The number of nitrogens with zero attached hydrogens (tertiary/aromatic N) is 3.